The lowest BCUT2D eigenvalue weighted by Gasteiger charge is -2.35. The molecule has 4 aromatic rings. The second kappa shape index (κ2) is 18.0. The Kier molecular flexibility index (Phi) is 13.2. The second-order valence-electron chi connectivity index (χ2n) is 14.6. The van der Waals surface area contributed by atoms with Crippen molar-refractivity contribution >= 4 is 35.0 Å². The summed E-state index contributed by atoms with van der Waals surface area (Å²) in [7, 11) is 5.21. The molecule has 16 heteroatoms. The number of carbonyl (C=O) groups is 3. The van der Waals surface area contributed by atoms with Crippen molar-refractivity contribution in [1.82, 2.24) is 39.3 Å². The first-order valence-electron chi connectivity index (χ1n) is 19.0. The molecule has 0 radical (unpaired) electrons. The summed E-state index contributed by atoms with van der Waals surface area (Å²) in [5.41, 5.74) is 1.94. The zero-order valence-corrected chi connectivity index (χ0v) is 33.3. The summed E-state index contributed by atoms with van der Waals surface area (Å²) in [6, 6.07) is 7.54. The lowest BCUT2D eigenvalue weighted by molar-refractivity contribution is -0.137. The number of anilines is 1. The monoisotopic (exact) mass is 793 g/mol. The van der Waals surface area contributed by atoms with E-state index in [1.807, 2.05) is 11.8 Å². The molecule has 0 atom stereocenters. The quantitative estimate of drug-likeness (QED) is 0.173. The third-order valence-corrected chi connectivity index (χ3v) is 11.2. The molecule has 0 aliphatic carbocycles. The molecule has 0 spiro atoms. The van der Waals surface area contributed by atoms with Crippen LogP contribution in [0.1, 0.15) is 46.4 Å². The van der Waals surface area contributed by atoms with Crippen molar-refractivity contribution in [1.29, 1.82) is 0 Å². The number of hydrogen-bond acceptors (Lipinski definition) is 8. The van der Waals surface area contributed by atoms with E-state index < -0.39 is 17.5 Å². The summed E-state index contributed by atoms with van der Waals surface area (Å²) < 4.78 is 39.2. The van der Waals surface area contributed by atoms with Gasteiger partial charge in [-0.05, 0) is 63.9 Å². The molecule has 0 bridgehead atoms. The van der Waals surface area contributed by atoms with Crippen LogP contribution in [0, 0.1) is 30.4 Å². The molecule has 4 heterocycles. The van der Waals surface area contributed by atoms with Crippen LogP contribution in [0.2, 0.25) is 5.02 Å². The van der Waals surface area contributed by atoms with Gasteiger partial charge in [-0.2, -0.15) is 5.10 Å². The first kappa shape index (κ1) is 40.9. The van der Waals surface area contributed by atoms with E-state index in [9.17, 15) is 14.4 Å². The van der Waals surface area contributed by atoms with Crippen molar-refractivity contribution < 1.29 is 27.9 Å². The molecule has 2 N–H and O–H groups in total. The number of ether oxygens (including phenoxy) is 1. The Morgan fingerprint density at radius 2 is 1.75 bits per heavy atom. The zero-order valence-electron chi connectivity index (χ0n) is 32.6. The number of nitrogens with zero attached hydrogens (tertiary/aromatic N) is 7. The summed E-state index contributed by atoms with van der Waals surface area (Å²) in [6.07, 6.45) is 3.94. The minimum absolute atomic E-state index is 0.0484. The van der Waals surface area contributed by atoms with E-state index in [1.54, 1.807) is 35.7 Å². The normalized spacial score (nSPS) is 15.0. The number of likely N-dealkylation sites (N-methyl/N-ethyl adjacent to an activating group) is 2. The maximum absolute atomic E-state index is 15.6. The van der Waals surface area contributed by atoms with Gasteiger partial charge in [0.25, 0.3) is 11.8 Å². The standard InChI is InChI=1S/C40H50ClF2N9O4/c1-6-50(16-15-48(3)24-26-20-44-21-26)39(54)27-11-13-51(14-12-27)40(55)30-8-7-28(19-33(30)41)47-38(53)37-45-23-34(49(37)4)31-10-9-29(35(42)36(31)43)32-22-46-52(25(32)2)17-18-56-5/h7-10,19,22-23,26-27,44H,6,11-18,20-21,24H2,1-5H3,(H,47,53). The van der Waals surface area contributed by atoms with Gasteiger partial charge in [-0.1, -0.05) is 17.7 Å². The number of aromatic nitrogens is 4. The topological polar surface area (TPSA) is 130 Å². The van der Waals surface area contributed by atoms with Crippen LogP contribution in [0.4, 0.5) is 14.5 Å². The van der Waals surface area contributed by atoms with Crippen LogP contribution in [0.25, 0.3) is 22.4 Å². The first-order chi connectivity index (χ1) is 26.9. The van der Waals surface area contributed by atoms with Crippen molar-refractivity contribution in [2.24, 2.45) is 18.9 Å². The lowest BCUT2D eigenvalue weighted by atomic mass is 9.94. The molecule has 2 saturated heterocycles. The maximum Gasteiger partial charge on any atom is 0.291 e. The molecular weight excluding hydrogens is 744 g/mol. The number of imidazole rings is 1. The Labute approximate surface area is 330 Å². The van der Waals surface area contributed by atoms with Gasteiger partial charge in [-0.25, -0.2) is 13.8 Å². The summed E-state index contributed by atoms with van der Waals surface area (Å²) in [6.45, 7) is 10.8. The van der Waals surface area contributed by atoms with Crippen LogP contribution in [-0.2, 0) is 23.1 Å². The van der Waals surface area contributed by atoms with Crippen LogP contribution in [0.15, 0.2) is 42.7 Å². The number of benzene rings is 2. The van der Waals surface area contributed by atoms with Crippen LogP contribution >= 0.6 is 11.6 Å². The number of likely N-dealkylation sites (tertiary alicyclic amines) is 1. The van der Waals surface area contributed by atoms with Gasteiger partial charge in [-0.3, -0.25) is 19.1 Å². The van der Waals surface area contributed by atoms with Crippen molar-refractivity contribution in [3.8, 4) is 22.4 Å². The smallest absolute Gasteiger partial charge is 0.291 e. The third kappa shape index (κ3) is 8.80. The number of hydrogen-bond donors (Lipinski definition) is 2. The largest absolute Gasteiger partial charge is 0.383 e. The van der Waals surface area contributed by atoms with E-state index in [1.165, 1.54) is 42.2 Å². The van der Waals surface area contributed by atoms with Crippen molar-refractivity contribution in [2.75, 3.05) is 78.4 Å². The third-order valence-electron chi connectivity index (χ3n) is 10.9. The maximum atomic E-state index is 15.6. The van der Waals surface area contributed by atoms with Gasteiger partial charge in [0.15, 0.2) is 17.5 Å². The summed E-state index contributed by atoms with van der Waals surface area (Å²) in [5, 5.41) is 10.5. The predicted molar refractivity (Wildman–Crippen MR) is 211 cm³/mol. The van der Waals surface area contributed by atoms with Crippen LogP contribution in [0.3, 0.4) is 0 Å². The fraction of sp³-hybridized carbons (Fsp3) is 0.475. The molecule has 3 amide bonds. The highest BCUT2D eigenvalue weighted by Crippen LogP contribution is 2.33. The van der Waals surface area contributed by atoms with Gasteiger partial charge in [-0.15, -0.1) is 0 Å². The number of nitrogens with one attached hydrogen (secondary N) is 2. The average Bonchev–Trinajstić information content (AvgIpc) is 3.74. The van der Waals surface area contributed by atoms with Crippen LogP contribution in [0.5, 0.6) is 0 Å². The SMILES string of the molecule is CCN(CCN(C)CC1CNC1)C(=O)C1CCN(C(=O)c2ccc(NC(=O)c3ncc(-c4ccc(-c5cnn(CCOC)c5C)c(F)c4F)n3C)cc2Cl)CC1. The second-order valence-corrected chi connectivity index (χ2v) is 15.0. The Balaban J connectivity index is 1.05. The molecule has 56 heavy (non-hydrogen) atoms. The fourth-order valence-electron chi connectivity index (χ4n) is 7.38. The molecular formula is C40H50ClF2N9O4. The number of methoxy groups -OCH3 is 1. The van der Waals surface area contributed by atoms with E-state index in [-0.39, 0.29) is 51.0 Å². The fourth-order valence-corrected chi connectivity index (χ4v) is 7.64. The van der Waals surface area contributed by atoms with Gasteiger partial charge < -0.3 is 34.6 Å². The lowest BCUT2D eigenvalue weighted by Crippen LogP contribution is -2.49. The molecule has 0 saturated carbocycles. The Morgan fingerprint density at radius 3 is 2.41 bits per heavy atom. The molecule has 300 valence electrons. The number of rotatable bonds is 15. The van der Waals surface area contributed by atoms with Gasteiger partial charge >= 0.3 is 0 Å². The summed E-state index contributed by atoms with van der Waals surface area (Å²) >= 11 is 6.58. The first-order valence-corrected chi connectivity index (χ1v) is 19.4. The zero-order chi connectivity index (χ0) is 40.1. The number of carbonyl (C=O) groups excluding carboxylic acids is 3. The molecule has 2 aromatic carbocycles. The summed E-state index contributed by atoms with van der Waals surface area (Å²) in [4.78, 5) is 50.3. The molecule has 13 nitrogen and oxygen atoms in total. The van der Waals surface area contributed by atoms with E-state index >= 15 is 8.78 Å². The van der Waals surface area contributed by atoms with E-state index in [4.69, 9.17) is 16.3 Å². The Bertz CT molecular complexity index is 2060. The highest BCUT2D eigenvalue weighted by Gasteiger charge is 2.31. The Morgan fingerprint density at radius 1 is 1.04 bits per heavy atom. The summed E-state index contributed by atoms with van der Waals surface area (Å²) in [5.74, 6) is -2.35. The van der Waals surface area contributed by atoms with Crippen LogP contribution in [-0.4, -0.2) is 125 Å². The highest BCUT2D eigenvalue weighted by atomic mass is 35.5. The molecule has 2 aromatic heterocycles. The minimum atomic E-state index is -1.08. The van der Waals surface area contributed by atoms with Gasteiger partial charge in [0.05, 0.1) is 41.8 Å². The molecule has 6 rings (SSSR count). The van der Waals surface area contributed by atoms with Gasteiger partial charge in [0.2, 0.25) is 5.91 Å². The van der Waals surface area contributed by atoms with Gasteiger partial charge in [0, 0.05) is 101 Å². The number of piperidine rings is 1. The minimum Gasteiger partial charge on any atom is -0.383 e. The van der Waals surface area contributed by atoms with Crippen molar-refractivity contribution in [3.05, 3.63) is 76.5 Å². The van der Waals surface area contributed by atoms with Crippen molar-refractivity contribution in [3.63, 3.8) is 0 Å². The Hall–Kier alpha value is -4.70. The van der Waals surface area contributed by atoms with Crippen molar-refractivity contribution in [2.45, 2.75) is 33.2 Å². The van der Waals surface area contributed by atoms with E-state index in [0.717, 1.165) is 26.2 Å². The highest BCUT2D eigenvalue weighted by molar-refractivity contribution is 6.34. The molecule has 0 unspecified atom stereocenters. The number of amides is 3. The number of halogens is 3. The molecule has 2 fully saturated rings. The van der Waals surface area contributed by atoms with Crippen LogP contribution < -0.4 is 10.6 Å². The van der Waals surface area contributed by atoms with E-state index in [2.05, 4.69) is 32.7 Å². The van der Waals surface area contributed by atoms with E-state index in [0.29, 0.717) is 75.0 Å². The average molecular weight is 794 g/mol. The molecule has 2 aliphatic heterocycles. The van der Waals surface area contributed by atoms with Gasteiger partial charge in [0.1, 0.15) is 0 Å². The molecule has 2 aliphatic rings. The predicted octanol–water partition coefficient (Wildman–Crippen LogP) is 4.94.